The molecule has 0 aromatic heterocycles. The van der Waals surface area contributed by atoms with Gasteiger partial charge in [-0.2, -0.15) is 0 Å². The van der Waals surface area contributed by atoms with Crippen LogP contribution in [0.25, 0.3) is 0 Å². The summed E-state index contributed by atoms with van der Waals surface area (Å²) in [5.74, 6) is 0.897. The summed E-state index contributed by atoms with van der Waals surface area (Å²) in [6, 6.07) is 0. The quantitative estimate of drug-likeness (QED) is 0.440. The summed E-state index contributed by atoms with van der Waals surface area (Å²) in [6.07, 6.45) is 7.78. The second-order valence-electron chi connectivity index (χ2n) is 15.2. The van der Waals surface area contributed by atoms with E-state index in [1.165, 1.54) is 0 Å². The largest absolute Gasteiger partial charge is 0.396 e. The Morgan fingerprint density at radius 2 is 1.63 bits per heavy atom. The van der Waals surface area contributed by atoms with Crippen molar-refractivity contribution in [3.8, 4) is 0 Å². The van der Waals surface area contributed by atoms with Crippen LogP contribution in [0.15, 0.2) is 11.6 Å². The molecule has 5 aliphatic carbocycles. The molecule has 0 spiro atoms. The zero-order valence-electron chi connectivity index (χ0n) is 22.7. The summed E-state index contributed by atoms with van der Waals surface area (Å²) in [5, 5.41) is 43.7. The Morgan fingerprint density at radius 3 is 2.29 bits per heavy atom. The molecule has 12 atom stereocenters. The number of aliphatic hydroxyl groups excluding tert-OH is 4. The Morgan fingerprint density at radius 1 is 0.914 bits per heavy atom. The lowest BCUT2D eigenvalue weighted by atomic mass is 9.33. The number of rotatable bonds is 2. The van der Waals surface area contributed by atoms with Crippen LogP contribution >= 0.6 is 0 Å². The van der Waals surface area contributed by atoms with Crippen LogP contribution in [0.5, 0.6) is 0 Å². The van der Waals surface area contributed by atoms with Crippen molar-refractivity contribution in [3.05, 3.63) is 11.6 Å². The molecule has 5 fully saturated rings. The van der Waals surface area contributed by atoms with Gasteiger partial charge in [0.15, 0.2) is 0 Å². The van der Waals surface area contributed by atoms with Gasteiger partial charge in [-0.1, -0.05) is 53.2 Å². The van der Waals surface area contributed by atoms with Crippen LogP contribution in [0.3, 0.4) is 0 Å². The molecular formula is C30H48O5. The van der Waals surface area contributed by atoms with Crippen molar-refractivity contribution in [2.24, 2.45) is 50.2 Å². The minimum Gasteiger partial charge on any atom is -0.396 e. The fourth-order valence-corrected chi connectivity index (χ4v) is 11.5. The third kappa shape index (κ3) is 2.59. The summed E-state index contributed by atoms with van der Waals surface area (Å²) >= 11 is 0. The van der Waals surface area contributed by atoms with Crippen molar-refractivity contribution in [2.75, 3.05) is 13.2 Å². The van der Waals surface area contributed by atoms with Gasteiger partial charge < -0.3 is 25.2 Å². The number of hydrogen-bond acceptors (Lipinski definition) is 5. The maximum atomic E-state index is 11.5. The van der Waals surface area contributed by atoms with Gasteiger partial charge in [-0.05, 0) is 84.4 Å². The Kier molecular flexibility index (Phi) is 5.07. The van der Waals surface area contributed by atoms with Crippen molar-refractivity contribution >= 4 is 0 Å². The van der Waals surface area contributed by atoms with Crippen LogP contribution in [0.4, 0.5) is 0 Å². The lowest BCUT2D eigenvalue weighted by Gasteiger charge is -2.71. The monoisotopic (exact) mass is 488 g/mol. The maximum Gasteiger partial charge on any atom is 0.0913 e. The highest BCUT2D eigenvalue weighted by Crippen LogP contribution is 2.77. The van der Waals surface area contributed by atoms with Crippen molar-refractivity contribution in [2.45, 2.75) is 111 Å². The highest BCUT2D eigenvalue weighted by atomic mass is 16.5. The average Bonchev–Trinajstić information content (AvgIpc) is 3.05. The number of fused-ring (bicyclic) bond motifs is 7. The van der Waals surface area contributed by atoms with E-state index in [1.807, 2.05) is 0 Å². The molecule has 35 heavy (non-hydrogen) atoms. The molecule has 1 aliphatic heterocycles. The molecule has 1 saturated heterocycles. The van der Waals surface area contributed by atoms with E-state index < -0.39 is 23.0 Å². The van der Waals surface area contributed by atoms with Gasteiger partial charge in [-0.15, -0.1) is 0 Å². The first-order valence-corrected chi connectivity index (χ1v) is 14.2. The van der Waals surface area contributed by atoms with Gasteiger partial charge in [0, 0.05) is 5.41 Å². The van der Waals surface area contributed by atoms with Crippen molar-refractivity contribution in [1.82, 2.24) is 0 Å². The zero-order valence-corrected chi connectivity index (χ0v) is 22.7. The third-order valence-corrected chi connectivity index (χ3v) is 13.7. The first-order chi connectivity index (χ1) is 16.3. The molecule has 2 bridgehead atoms. The molecule has 2 unspecified atom stereocenters. The van der Waals surface area contributed by atoms with E-state index in [2.05, 4.69) is 47.6 Å². The minimum atomic E-state index is -0.604. The van der Waals surface area contributed by atoms with Crippen molar-refractivity contribution < 1.29 is 25.2 Å². The first-order valence-electron chi connectivity index (χ1n) is 14.2. The molecule has 4 N–H and O–H groups in total. The van der Waals surface area contributed by atoms with Crippen molar-refractivity contribution in [1.29, 1.82) is 0 Å². The SMILES string of the molecule is CC1(C)C[C@@H]2[C@H]3CC=C4[C@@]5(C)CC[C@H](O)C(C)(CO)C5CC[C@@]4(C)[C@]3(C)C[C@H]3O[C@H]1[C@@H](O)[C@@]23CO. The third-order valence-electron chi connectivity index (χ3n) is 13.7. The van der Waals surface area contributed by atoms with Crippen molar-refractivity contribution in [3.63, 3.8) is 0 Å². The van der Waals surface area contributed by atoms with Crippen LogP contribution in [0.2, 0.25) is 0 Å². The van der Waals surface area contributed by atoms with Crippen LogP contribution in [-0.4, -0.2) is 58.1 Å². The predicted molar refractivity (Wildman–Crippen MR) is 134 cm³/mol. The molecule has 0 amide bonds. The maximum absolute atomic E-state index is 11.5. The molecule has 4 saturated carbocycles. The average molecular weight is 489 g/mol. The lowest BCUT2D eigenvalue weighted by Crippen LogP contribution is -2.68. The van der Waals surface area contributed by atoms with E-state index in [1.54, 1.807) is 5.57 Å². The predicted octanol–water partition coefficient (Wildman–Crippen LogP) is 4.07. The van der Waals surface area contributed by atoms with E-state index >= 15 is 0 Å². The number of allylic oxidation sites excluding steroid dienone is 2. The Balaban J connectivity index is 1.47. The van der Waals surface area contributed by atoms with Crippen LogP contribution in [0, 0.1) is 50.2 Å². The minimum absolute atomic E-state index is 0.000568. The van der Waals surface area contributed by atoms with Crippen LogP contribution in [0.1, 0.15) is 86.5 Å². The van der Waals surface area contributed by atoms with Gasteiger partial charge >= 0.3 is 0 Å². The van der Waals surface area contributed by atoms with E-state index in [0.717, 1.165) is 44.9 Å². The van der Waals surface area contributed by atoms with E-state index in [-0.39, 0.29) is 58.9 Å². The molecule has 6 aliphatic rings. The van der Waals surface area contributed by atoms with Crippen LogP contribution < -0.4 is 0 Å². The fourth-order valence-electron chi connectivity index (χ4n) is 11.5. The first kappa shape index (κ1) is 24.9. The summed E-state index contributed by atoms with van der Waals surface area (Å²) in [7, 11) is 0. The molecule has 0 radical (unpaired) electrons. The van der Waals surface area contributed by atoms with Gasteiger partial charge in [0.05, 0.1) is 43.0 Å². The highest BCUT2D eigenvalue weighted by molar-refractivity contribution is 5.37. The van der Waals surface area contributed by atoms with Gasteiger partial charge in [0.2, 0.25) is 0 Å². The number of aliphatic hydroxyl groups is 4. The Bertz CT molecular complexity index is 945. The topological polar surface area (TPSA) is 90.2 Å². The lowest BCUT2D eigenvalue weighted by molar-refractivity contribution is -0.208. The molecule has 1 heterocycles. The fraction of sp³-hybridized carbons (Fsp3) is 0.933. The molecule has 0 aromatic carbocycles. The molecular weight excluding hydrogens is 440 g/mol. The zero-order chi connectivity index (χ0) is 25.4. The molecule has 5 nitrogen and oxygen atoms in total. The summed E-state index contributed by atoms with van der Waals surface area (Å²) in [4.78, 5) is 0. The van der Waals surface area contributed by atoms with E-state index in [0.29, 0.717) is 5.92 Å². The van der Waals surface area contributed by atoms with E-state index in [9.17, 15) is 20.4 Å². The van der Waals surface area contributed by atoms with Gasteiger partial charge in [-0.3, -0.25) is 0 Å². The highest BCUT2D eigenvalue weighted by Gasteiger charge is 2.76. The molecule has 198 valence electrons. The standard InChI is InChI=1S/C30H48O5/c1-25(2)13-18-17-7-8-20-26(3)11-10-21(33)27(4,15-31)19(26)9-12-28(20,5)29(17,6)14-22-30(18,16-32)23(34)24(25)35-22/h8,17-19,21-24,31-34H,7,9-16H2,1-6H3/t17-,18-,19?,21+,22-,23-,24+,26+,27?,28-,29-,30+/m1/s1. The number of ether oxygens (including phenoxy) is 1. The summed E-state index contributed by atoms with van der Waals surface area (Å²) < 4.78 is 6.72. The molecule has 6 rings (SSSR count). The second-order valence-corrected chi connectivity index (χ2v) is 15.2. The second kappa shape index (κ2) is 7.14. The van der Waals surface area contributed by atoms with Gasteiger partial charge in [0.1, 0.15) is 0 Å². The van der Waals surface area contributed by atoms with E-state index in [4.69, 9.17) is 4.74 Å². The normalized spacial score (nSPS) is 60.3. The molecule has 0 aromatic rings. The summed E-state index contributed by atoms with van der Waals surface area (Å²) in [5.41, 5.74) is 0.414. The molecule has 5 heteroatoms. The van der Waals surface area contributed by atoms with Gasteiger partial charge in [0.25, 0.3) is 0 Å². The number of hydrogen-bond donors (Lipinski definition) is 4. The Labute approximate surface area is 211 Å². The van der Waals surface area contributed by atoms with Crippen LogP contribution in [-0.2, 0) is 4.74 Å². The Hall–Kier alpha value is -0.460. The smallest absolute Gasteiger partial charge is 0.0913 e. The summed E-state index contributed by atoms with van der Waals surface area (Å²) in [6.45, 7) is 14.0. The van der Waals surface area contributed by atoms with Gasteiger partial charge in [-0.25, -0.2) is 0 Å².